The molecule has 5 nitrogen and oxygen atoms in total. The van der Waals surface area contributed by atoms with Crippen LogP contribution in [0, 0.1) is 0 Å². The largest absolute Gasteiger partial charge is 0.433 e. The Kier molecular flexibility index (Phi) is 5.38. The van der Waals surface area contributed by atoms with Crippen molar-refractivity contribution in [3.63, 3.8) is 0 Å². The molecular formula is C16H17F3N4O. The predicted octanol–water partition coefficient (Wildman–Crippen LogP) is 4.02. The molecule has 0 fully saturated rings. The Hall–Kier alpha value is -2.64. The first-order chi connectivity index (χ1) is 11.3. The summed E-state index contributed by atoms with van der Waals surface area (Å²) >= 11 is 0. The molecule has 0 saturated carbocycles. The van der Waals surface area contributed by atoms with E-state index in [2.05, 4.69) is 20.6 Å². The molecule has 1 atom stereocenters. The van der Waals surface area contributed by atoms with E-state index in [4.69, 9.17) is 0 Å². The fourth-order valence-electron chi connectivity index (χ4n) is 1.97. The Balaban J connectivity index is 2.07. The van der Waals surface area contributed by atoms with E-state index < -0.39 is 11.9 Å². The first-order valence-electron chi connectivity index (χ1n) is 7.36. The van der Waals surface area contributed by atoms with Crippen molar-refractivity contribution in [3.05, 3.63) is 47.8 Å². The Bertz CT molecular complexity index is 701. The van der Waals surface area contributed by atoms with Crippen LogP contribution in [0.3, 0.4) is 0 Å². The molecule has 0 saturated heterocycles. The number of carbonyl (C=O) groups is 1. The first kappa shape index (κ1) is 17.7. The monoisotopic (exact) mass is 338 g/mol. The highest BCUT2D eigenvalue weighted by Crippen LogP contribution is 2.28. The first-order valence-corrected chi connectivity index (χ1v) is 7.36. The Morgan fingerprint density at radius 1 is 1.21 bits per heavy atom. The fourth-order valence-corrected chi connectivity index (χ4v) is 1.97. The van der Waals surface area contributed by atoms with E-state index in [-0.39, 0.29) is 17.9 Å². The SMILES string of the molecule is CCC(=O)Nc1ccc([C@H](C)Nc2nccc(C(F)(F)F)n2)cc1. The minimum absolute atomic E-state index is 0.0914. The molecule has 0 bridgehead atoms. The third kappa shape index (κ3) is 4.68. The summed E-state index contributed by atoms with van der Waals surface area (Å²) in [4.78, 5) is 18.6. The van der Waals surface area contributed by atoms with Gasteiger partial charge in [0.2, 0.25) is 11.9 Å². The van der Waals surface area contributed by atoms with Crippen molar-refractivity contribution < 1.29 is 18.0 Å². The van der Waals surface area contributed by atoms with Crippen molar-refractivity contribution in [1.82, 2.24) is 9.97 Å². The number of halogens is 3. The quantitative estimate of drug-likeness (QED) is 0.864. The summed E-state index contributed by atoms with van der Waals surface area (Å²) in [6.07, 6.45) is -3.07. The molecule has 1 heterocycles. The number of amides is 1. The minimum Gasteiger partial charge on any atom is -0.348 e. The normalized spacial score (nSPS) is 12.5. The lowest BCUT2D eigenvalue weighted by Crippen LogP contribution is -2.14. The summed E-state index contributed by atoms with van der Waals surface area (Å²) in [7, 11) is 0. The van der Waals surface area contributed by atoms with E-state index in [0.717, 1.165) is 17.8 Å². The van der Waals surface area contributed by atoms with Crippen molar-refractivity contribution in [2.45, 2.75) is 32.5 Å². The maximum atomic E-state index is 12.7. The molecule has 0 unspecified atom stereocenters. The Morgan fingerprint density at radius 3 is 2.46 bits per heavy atom. The maximum Gasteiger partial charge on any atom is 0.433 e. The van der Waals surface area contributed by atoms with Gasteiger partial charge in [-0.15, -0.1) is 0 Å². The summed E-state index contributed by atoms with van der Waals surface area (Å²) in [5.41, 5.74) is 0.489. The maximum absolute atomic E-state index is 12.7. The Morgan fingerprint density at radius 2 is 1.88 bits per heavy atom. The average Bonchev–Trinajstić information content (AvgIpc) is 2.54. The number of carbonyl (C=O) groups excluding carboxylic acids is 1. The second-order valence-electron chi connectivity index (χ2n) is 5.15. The van der Waals surface area contributed by atoms with Crippen LogP contribution in [-0.4, -0.2) is 15.9 Å². The van der Waals surface area contributed by atoms with Gasteiger partial charge in [0, 0.05) is 18.3 Å². The molecule has 0 aliphatic rings. The minimum atomic E-state index is -4.51. The van der Waals surface area contributed by atoms with Gasteiger partial charge < -0.3 is 10.6 Å². The lowest BCUT2D eigenvalue weighted by molar-refractivity contribution is -0.141. The molecule has 1 aromatic heterocycles. The number of nitrogens with one attached hydrogen (secondary N) is 2. The van der Waals surface area contributed by atoms with Crippen molar-refractivity contribution in [2.75, 3.05) is 10.6 Å². The van der Waals surface area contributed by atoms with E-state index in [1.165, 1.54) is 0 Å². The van der Waals surface area contributed by atoms with Gasteiger partial charge in [-0.3, -0.25) is 4.79 Å². The molecule has 24 heavy (non-hydrogen) atoms. The molecule has 2 rings (SSSR count). The van der Waals surface area contributed by atoms with Crippen LogP contribution in [0.15, 0.2) is 36.5 Å². The molecule has 8 heteroatoms. The summed E-state index contributed by atoms with van der Waals surface area (Å²) in [6, 6.07) is 7.53. The van der Waals surface area contributed by atoms with E-state index in [9.17, 15) is 18.0 Å². The second kappa shape index (κ2) is 7.29. The number of alkyl halides is 3. The van der Waals surface area contributed by atoms with Crippen LogP contribution in [-0.2, 0) is 11.0 Å². The average molecular weight is 338 g/mol. The number of nitrogens with zero attached hydrogens (tertiary/aromatic N) is 2. The van der Waals surface area contributed by atoms with Gasteiger partial charge in [-0.1, -0.05) is 19.1 Å². The third-order valence-corrected chi connectivity index (χ3v) is 3.31. The van der Waals surface area contributed by atoms with E-state index >= 15 is 0 Å². The molecule has 2 N–H and O–H groups in total. The van der Waals surface area contributed by atoms with Gasteiger partial charge in [-0.05, 0) is 30.7 Å². The van der Waals surface area contributed by atoms with Gasteiger partial charge in [0.1, 0.15) is 5.69 Å². The van der Waals surface area contributed by atoms with Gasteiger partial charge in [-0.2, -0.15) is 13.2 Å². The highest BCUT2D eigenvalue weighted by atomic mass is 19.4. The van der Waals surface area contributed by atoms with Crippen molar-refractivity contribution >= 4 is 17.5 Å². The Labute approximate surface area is 137 Å². The zero-order chi connectivity index (χ0) is 17.7. The van der Waals surface area contributed by atoms with Crippen LogP contribution in [0.5, 0.6) is 0 Å². The van der Waals surface area contributed by atoms with Crippen LogP contribution in [0.1, 0.15) is 37.6 Å². The van der Waals surface area contributed by atoms with Crippen LogP contribution < -0.4 is 10.6 Å². The van der Waals surface area contributed by atoms with E-state index in [1.54, 1.807) is 38.1 Å². The molecule has 0 aliphatic heterocycles. The molecule has 128 valence electrons. The number of aromatic nitrogens is 2. The van der Waals surface area contributed by atoms with Gasteiger partial charge in [0.05, 0.1) is 6.04 Å². The number of rotatable bonds is 5. The molecular weight excluding hydrogens is 321 g/mol. The topological polar surface area (TPSA) is 66.9 Å². The number of anilines is 2. The lowest BCUT2D eigenvalue weighted by Gasteiger charge is -2.15. The molecule has 2 aromatic rings. The number of benzene rings is 1. The zero-order valence-corrected chi connectivity index (χ0v) is 13.2. The molecule has 1 amide bonds. The van der Waals surface area contributed by atoms with Crippen molar-refractivity contribution in [1.29, 1.82) is 0 Å². The van der Waals surface area contributed by atoms with Gasteiger partial charge in [-0.25, -0.2) is 9.97 Å². The smallest absolute Gasteiger partial charge is 0.348 e. The van der Waals surface area contributed by atoms with Gasteiger partial charge in [0.15, 0.2) is 0 Å². The fraction of sp³-hybridized carbons (Fsp3) is 0.312. The molecule has 1 aromatic carbocycles. The highest BCUT2D eigenvalue weighted by molar-refractivity contribution is 5.90. The molecule has 0 spiro atoms. The van der Waals surface area contributed by atoms with Crippen LogP contribution in [0.25, 0.3) is 0 Å². The molecule has 0 radical (unpaired) electrons. The zero-order valence-electron chi connectivity index (χ0n) is 13.2. The third-order valence-electron chi connectivity index (χ3n) is 3.31. The number of hydrogen-bond donors (Lipinski definition) is 2. The van der Waals surface area contributed by atoms with Crippen molar-refractivity contribution in [3.8, 4) is 0 Å². The summed E-state index contributed by atoms with van der Waals surface area (Å²) < 4.78 is 38.0. The predicted molar refractivity (Wildman–Crippen MR) is 84.4 cm³/mol. The van der Waals surface area contributed by atoms with Crippen LogP contribution in [0.2, 0.25) is 0 Å². The second-order valence-corrected chi connectivity index (χ2v) is 5.15. The summed E-state index contributed by atoms with van der Waals surface area (Å²) in [5, 5.41) is 5.55. The number of hydrogen-bond acceptors (Lipinski definition) is 4. The summed E-state index contributed by atoms with van der Waals surface area (Å²) in [6.45, 7) is 3.54. The summed E-state index contributed by atoms with van der Waals surface area (Å²) in [5.74, 6) is -0.188. The van der Waals surface area contributed by atoms with Gasteiger partial charge in [0.25, 0.3) is 0 Å². The van der Waals surface area contributed by atoms with Crippen LogP contribution >= 0.6 is 0 Å². The van der Waals surface area contributed by atoms with Crippen LogP contribution in [0.4, 0.5) is 24.8 Å². The van der Waals surface area contributed by atoms with E-state index in [1.807, 2.05) is 0 Å². The standard InChI is InChI=1S/C16H17F3N4O/c1-3-14(24)22-12-6-4-11(5-7-12)10(2)21-15-20-9-8-13(23-15)16(17,18)19/h4-10H,3H2,1-2H3,(H,22,24)(H,20,21,23)/t10-/m0/s1. The van der Waals surface area contributed by atoms with Crippen molar-refractivity contribution in [2.24, 2.45) is 0 Å². The lowest BCUT2D eigenvalue weighted by atomic mass is 10.1. The highest BCUT2D eigenvalue weighted by Gasteiger charge is 2.32. The van der Waals surface area contributed by atoms with E-state index in [0.29, 0.717) is 12.1 Å². The van der Waals surface area contributed by atoms with Gasteiger partial charge >= 0.3 is 6.18 Å². The molecule has 0 aliphatic carbocycles.